The van der Waals surface area contributed by atoms with Crippen molar-refractivity contribution in [2.45, 2.75) is 46.1 Å². The quantitative estimate of drug-likeness (QED) is 0.0311. The molecule has 0 saturated carbocycles. The highest BCUT2D eigenvalue weighted by atomic mass is 35.5. The average Bonchev–Trinajstić information content (AvgIpc) is 1.24. The van der Waals surface area contributed by atoms with Crippen molar-refractivity contribution in [2.75, 3.05) is 229 Å². The molecule has 6 aliphatic rings. The zero-order valence-corrected chi connectivity index (χ0v) is 87.6. The summed E-state index contributed by atoms with van der Waals surface area (Å²) in [4.78, 5) is 112. The van der Waals surface area contributed by atoms with Crippen LogP contribution in [0.25, 0.3) is 121 Å². The third-order valence-corrected chi connectivity index (χ3v) is 29.8. The first-order valence-electron chi connectivity index (χ1n) is 49.6. The van der Waals surface area contributed by atoms with Gasteiger partial charge in [-0.3, -0.25) is 34.5 Å². The summed E-state index contributed by atoms with van der Waals surface area (Å²) in [5, 5.41) is 40.0. The Balaban J connectivity index is 0.000000131. The van der Waals surface area contributed by atoms with E-state index in [9.17, 15) is 28.7 Å². The Morgan fingerprint density at radius 1 is 0.433 bits per heavy atom. The maximum Gasteiger partial charge on any atom is 0.246 e. The summed E-state index contributed by atoms with van der Waals surface area (Å²) in [5.74, 6) is -0.212. The second kappa shape index (κ2) is 45.6. The van der Waals surface area contributed by atoms with Gasteiger partial charge >= 0.3 is 0 Å². The van der Waals surface area contributed by atoms with Crippen LogP contribution in [-0.2, 0) is 25.6 Å². The van der Waals surface area contributed by atoms with Crippen molar-refractivity contribution < 1.29 is 46.2 Å². The average molecular weight is 2120 g/mol. The van der Waals surface area contributed by atoms with Crippen molar-refractivity contribution in [2.24, 2.45) is 0 Å². The Kier molecular flexibility index (Phi) is 32.1. The normalized spacial score (nSPS) is 16.0. The molecule has 13 heterocycles. The van der Waals surface area contributed by atoms with E-state index >= 15 is 17.6 Å². The van der Waals surface area contributed by atoms with Crippen molar-refractivity contribution in [1.29, 1.82) is 0 Å². The van der Waals surface area contributed by atoms with Crippen molar-refractivity contribution >= 4 is 182 Å². The van der Waals surface area contributed by atoms with Crippen LogP contribution in [0.1, 0.15) is 35.4 Å². The molecule has 1 atom stereocenters. The summed E-state index contributed by atoms with van der Waals surface area (Å²) in [5.41, 5.74) is 8.12. The third-order valence-electron chi connectivity index (χ3n) is 28.6. The molecular formula is C108H115Cl4F5N28O5. The number of aromatic hydroxyl groups is 1. The second-order valence-corrected chi connectivity index (χ2v) is 40.1. The van der Waals surface area contributed by atoms with E-state index in [-0.39, 0.29) is 77.9 Å². The van der Waals surface area contributed by atoms with Crippen LogP contribution in [0.3, 0.4) is 0 Å². The van der Waals surface area contributed by atoms with Gasteiger partial charge in [-0.05, 0) is 170 Å². The van der Waals surface area contributed by atoms with Crippen LogP contribution in [0.4, 0.5) is 57.1 Å². The first-order valence-corrected chi connectivity index (χ1v) is 51.1. The molecule has 42 heteroatoms. The molecule has 5 N–H and O–H groups in total. The van der Waals surface area contributed by atoms with Crippen LogP contribution >= 0.6 is 46.4 Å². The SMILES string of the molecule is C=CC(=O)N1CCN(c2nc(CCCN3CCN(C)CC3)nc3c(F)c(-c4c(C)ccc5[nH]ncc45)c(Cl)cc23)CC1.C=CC(=O)N1CCN(c2nc(N(C)CCN(C)C)nc3c(F)c(-c4c(C)ccc5[nH]ncc45)c(Cl)cc23)CC1.C=CC(=O)N1CCN(c2nc(NC3CCN(C)C3)nc3c(F)c(-c4c(C)ccc5[nH]ncc45)c(Cl)cc23)CC1.C=CC(=O)N1CCN(c2ncnc3c(F)c(-c4c(O)cccc4F)c(Cl)cc23)CC1. The molecule has 150 heavy (non-hydrogen) atoms. The maximum absolute atomic E-state index is 16.7. The summed E-state index contributed by atoms with van der Waals surface area (Å²) >= 11 is 26.9. The number of phenolic OH excluding ortho intramolecular Hbond substituents is 1. The van der Waals surface area contributed by atoms with Crippen LogP contribution in [0.2, 0.25) is 20.1 Å². The minimum atomic E-state index is -0.845. The number of benzene rings is 8. The number of nitrogens with one attached hydrogen (secondary N) is 4. The molecule has 0 spiro atoms. The van der Waals surface area contributed by atoms with Gasteiger partial charge in [-0.25, -0.2) is 51.9 Å². The fourth-order valence-electron chi connectivity index (χ4n) is 20.4. The Morgan fingerprint density at radius 3 is 1.24 bits per heavy atom. The van der Waals surface area contributed by atoms with Crippen LogP contribution in [0.15, 0.2) is 154 Å². The number of aromatic nitrogens is 14. The molecule has 8 aromatic carbocycles. The maximum atomic E-state index is 16.7. The monoisotopic (exact) mass is 2120 g/mol. The number of hydrogen-bond donors (Lipinski definition) is 5. The standard InChI is InChI=1S/C31H36ClFN8O.C28H30ClFN8O.C28H32ClFN8O.C21H17ClF2N4O2/c1-4-26(42)40-14-16-41(17-15-40)31-21-18-23(32)28(27-20(2)7-8-24-22(27)19-34-37-24)29(33)30(21)35-25(36-31)6-5-9-39-12-10-38(3)11-13-39;1-4-22(39)37-9-11-38(12-10-37)27-18-13-20(29)24(23-16(2)5-6-21-19(23)14-31-35-21)25(30)26(18)33-28(34-27)32-17-7-8-36(3)15-17;1-6-22(39)37-11-13-38(14-12-37)27-18-15-20(29)24(23-17(2)7-8-21-19(23)16-31-34-21)25(30)26(18)32-28(33-27)36(5)10-9-35(3)4;1-2-16(30)27-6-8-28(9-7-27)21-12-10-13(22)17(19(24)20(12)25-11-26-21)18-14(23)4-3-5-15(18)29/h4,7-8,18-19H,1,5-6,9-17H2,2-3H3,(H,34,37);4-6,13-14,17H,1,7-12,15H2,2-3H3,(H,31,35)(H,32,33,34);6-8,15-16H,1,9-14H2,2-5H3,(H,31,34);2-5,10-11,29H,1,6-9H2. The summed E-state index contributed by atoms with van der Waals surface area (Å²) in [6, 6.07) is 22.2. The van der Waals surface area contributed by atoms with Crippen LogP contribution in [-0.4, -0.2) is 343 Å². The van der Waals surface area contributed by atoms with E-state index in [2.05, 4.69) is 121 Å². The number of phenols is 1. The Hall–Kier alpha value is -14.4. The summed E-state index contributed by atoms with van der Waals surface area (Å²) in [6.45, 7) is 36.9. The zero-order valence-electron chi connectivity index (χ0n) is 84.5. The predicted octanol–water partition coefficient (Wildman–Crippen LogP) is 16.4. The van der Waals surface area contributed by atoms with Crippen molar-refractivity contribution in [3.05, 3.63) is 226 Å². The van der Waals surface area contributed by atoms with E-state index in [1.54, 1.807) is 56.4 Å². The summed E-state index contributed by atoms with van der Waals surface area (Å²) < 4.78 is 79.7. The number of carbonyl (C=O) groups excluding carboxylic acids is 4. The summed E-state index contributed by atoms with van der Waals surface area (Å²) in [7, 11) is 10.1. The molecule has 0 aliphatic carbocycles. The van der Waals surface area contributed by atoms with Crippen molar-refractivity contribution in [1.82, 2.24) is 110 Å². The number of hydrogen-bond acceptors (Lipinski definition) is 26. The first-order chi connectivity index (χ1) is 72.3. The van der Waals surface area contributed by atoms with Gasteiger partial charge in [-0.15, -0.1) is 0 Å². The zero-order chi connectivity index (χ0) is 106. The fourth-order valence-corrected chi connectivity index (χ4v) is 21.5. The lowest BCUT2D eigenvalue weighted by Crippen LogP contribution is -2.48. The smallest absolute Gasteiger partial charge is 0.246 e. The van der Waals surface area contributed by atoms with E-state index in [1.807, 2.05) is 88.1 Å². The minimum Gasteiger partial charge on any atom is -0.507 e. The van der Waals surface area contributed by atoms with Crippen molar-refractivity contribution in [3.63, 3.8) is 0 Å². The highest BCUT2D eigenvalue weighted by molar-refractivity contribution is 6.37. The third kappa shape index (κ3) is 21.8. The number of rotatable bonds is 22. The molecule has 33 nitrogen and oxygen atoms in total. The number of H-pyrrole nitrogens is 3. The number of aryl methyl sites for hydroxylation is 4. The lowest BCUT2D eigenvalue weighted by Gasteiger charge is -2.35. The number of piperazine rings is 5. The number of likely N-dealkylation sites (tertiary alicyclic amines) is 1. The number of likely N-dealkylation sites (N-methyl/N-ethyl adjacent to an activating group) is 4. The van der Waals surface area contributed by atoms with Crippen LogP contribution in [0.5, 0.6) is 5.75 Å². The topological polar surface area (TPSA) is 332 Å². The molecule has 0 radical (unpaired) electrons. The molecule has 6 aliphatic heterocycles. The molecule has 6 fully saturated rings. The lowest BCUT2D eigenvalue weighted by molar-refractivity contribution is -0.127. The number of amides is 4. The van der Waals surface area contributed by atoms with Crippen LogP contribution < -0.4 is 29.8 Å². The number of carbonyl (C=O) groups is 4. The van der Waals surface area contributed by atoms with Gasteiger partial charge < -0.3 is 74.1 Å². The van der Waals surface area contributed by atoms with Gasteiger partial charge in [0, 0.05) is 247 Å². The van der Waals surface area contributed by atoms with Crippen LogP contribution in [0, 0.1) is 49.9 Å². The minimum absolute atomic E-state index is 0.0355. The molecule has 15 aromatic rings. The predicted molar refractivity (Wildman–Crippen MR) is 584 cm³/mol. The summed E-state index contributed by atoms with van der Waals surface area (Å²) in [6.07, 6.45) is 14.0. The number of nitrogens with zero attached hydrogens (tertiary/aromatic N) is 24. The lowest BCUT2D eigenvalue weighted by atomic mass is 9.95. The van der Waals surface area contributed by atoms with Gasteiger partial charge in [0.25, 0.3) is 0 Å². The Labute approximate surface area is 883 Å². The highest BCUT2D eigenvalue weighted by Gasteiger charge is 2.36. The van der Waals surface area contributed by atoms with E-state index in [1.165, 1.54) is 48.8 Å². The Morgan fingerprint density at radius 2 is 0.827 bits per heavy atom. The van der Waals surface area contributed by atoms with Crippen molar-refractivity contribution in [3.8, 4) is 50.3 Å². The van der Waals surface area contributed by atoms with Gasteiger partial charge in [-0.1, -0.05) is 97.0 Å². The largest absolute Gasteiger partial charge is 0.507 e. The molecule has 0 bridgehead atoms. The number of anilines is 6. The molecule has 21 rings (SSSR count). The Bertz CT molecular complexity index is 7730. The number of fused-ring (bicyclic) bond motifs is 7. The number of aromatic amines is 3. The molecule has 7 aromatic heterocycles. The highest BCUT2D eigenvalue weighted by Crippen LogP contribution is 2.49. The molecule has 780 valence electrons. The second-order valence-electron chi connectivity index (χ2n) is 38.5. The van der Waals surface area contributed by atoms with Gasteiger partial charge in [0.1, 0.15) is 69.1 Å². The van der Waals surface area contributed by atoms with Gasteiger partial charge in [0.15, 0.2) is 23.3 Å². The molecular weight excluding hydrogens is 2010 g/mol. The van der Waals surface area contributed by atoms with E-state index < -0.39 is 34.8 Å². The van der Waals surface area contributed by atoms with E-state index in [0.29, 0.717) is 219 Å². The van der Waals surface area contributed by atoms with Gasteiger partial charge in [0.2, 0.25) is 35.5 Å². The van der Waals surface area contributed by atoms with Gasteiger partial charge in [0.05, 0.1) is 60.8 Å². The van der Waals surface area contributed by atoms with E-state index in [0.717, 1.165) is 121 Å². The molecule has 4 amide bonds. The molecule has 1 unspecified atom stereocenters. The first kappa shape index (κ1) is 106. The van der Waals surface area contributed by atoms with Gasteiger partial charge in [-0.2, -0.15) is 25.3 Å². The number of halogens is 9. The molecule has 6 saturated heterocycles. The van der Waals surface area contributed by atoms with E-state index in [4.69, 9.17) is 76.3 Å². The fraction of sp³-hybridized carbons (Fsp3) is 0.343.